The van der Waals surface area contributed by atoms with Crippen LogP contribution in [0.4, 0.5) is 5.69 Å². The van der Waals surface area contributed by atoms with Gasteiger partial charge in [-0.25, -0.2) is 0 Å². The smallest absolute Gasteiger partial charge is 0.266 e. The van der Waals surface area contributed by atoms with Gasteiger partial charge >= 0.3 is 0 Å². The van der Waals surface area contributed by atoms with E-state index in [2.05, 4.69) is 5.32 Å². The molecule has 4 rings (SSSR count). The number of amides is 1. The van der Waals surface area contributed by atoms with Gasteiger partial charge in [0, 0.05) is 10.7 Å². The minimum Gasteiger partial charge on any atom is -0.489 e. The Bertz CT molecular complexity index is 1230. The molecule has 6 nitrogen and oxygen atoms in total. The van der Waals surface area contributed by atoms with Gasteiger partial charge in [-0.3, -0.25) is 4.79 Å². The van der Waals surface area contributed by atoms with Gasteiger partial charge in [0.1, 0.15) is 24.0 Å². The topological polar surface area (TPSA) is 80.6 Å². The van der Waals surface area contributed by atoms with Crippen LogP contribution in [0, 0.1) is 18.3 Å². The first-order chi connectivity index (χ1) is 15.5. The van der Waals surface area contributed by atoms with E-state index in [1.807, 2.05) is 24.3 Å². The molecule has 1 aliphatic rings. The summed E-state index contributed by atoms with van der Waals surface area (Å²) in [5.74, 6) is 1.60. The lowest BCUT2D eigenvalue weighted by Crippen LogP contribution is -2.14. The number of nitrogens with one attached hydrogen (secondary N) is 1. The van der Waals surface area contributed by atoms with Crippen molar-refractivity contribution in [3.63, 3.8) is 0 Å². The van der Waals surface area contributed by atoms with Gasteiger partial charge in [-0.2, -0.15) is 5.26 Å². The quantitative estimate of drug-likeness (QED) is 0.399. The molecule has 160 valence electrons. The number of carbonyl (C=O) groups excluding carboxylic acids is 1. The molecule has 0 saturated heterocycles. The van der Waals surface area contributed by atoms with Crippen molar-refractivity contribution in [1.82, 2.24) is 0 Å². The van der Waals surface area contributed by atoms with Crippen LogP contribution in [0.15, 0.2) is 66.2 Å². The SMILES string of the molecule is Cc1c(Cl)cccc1NC(=O)/C(C#N)=C\c1ccc(OCc2ccc3c(c2)OCO3)cc1. The molecule has 0 radical (unpaired) electrons. The fourth-order valence-electron chi connectivity index (χ4n) is 3.11. The normalized spacial score (nSPS) is 12.2. The molecule has 0 unspecified atom stereocenters. The Balaban J connectivity index is 1.40. The van der Waals surface area contributed by atoms with Gasteiger partial charge in [-0.05, 0) is 66.1 Å². The second-order valence-corrected chi connectivity index (χ2v) is 7.49. The van der Waals surface area contributed by atoms with E-state index in [1.54, 1.807) is 49.4 Å². The van der Waals surface area contributed by atoms with Crippen molar-refractivity contribution in [2.24, 2.45) is 0 Å². The molecule has 1 aliphatic heterocycles. The van der Waals surface area contributed by atoms with Crippen LogP contribution in [0.25, 0.3) is 6.08 Å². The number of rotatable bonds is 6. The summed E-state index contributed by atoms with van der Waals surface area (Å²) in [6.07, 6.45) is 1.52. The van der Waals surface area contributed by atoms with Crippen LogP contribution < -0.4 is 19.5 Å². The predicted molar refractivity (Wildman–Crippen MR) is 122 cm³/mol. The first-order valence-electron chi connectivity index (χ1n) is 9.83. The highest BCUT2D eigenvalue weighted by Crippen LogP contribution is 2.32. The molecule has 0 saturated carbocycles. The zero-order valence-corrected chi connectivity index (χ0v) is 18.0. The number of nitriles is 1. The molecule has 1 amide bonds. The Morgan fingerprint density at radius 1 is 1.16 bits per heavy atom. The Labute approximate surface area is 190 Å². The number of benzene rings is 3. The summed E-state index contributed by atoms with van der Waals surface area (Å²) in [7, 11) is 0. The summed E-state index contributed by atoms with van der Waals surface area (Å²) >= 11 is 6.09. The van der Waals surface area contributed by atoms with E-state index in [1.165, 1.54) is 6.08 Å². The molecule has 0 atom stereocenters. The fourth-order valence-corrected chi connectivity index (χ4v) is 3.28. The third-order valence-corrected chi connectivity index (χ3v) is 5.32. The first kappa shape index (κ1) is 21.3. The van der Waals surface area contributed by atoms with Crippen LogP contribution in [0.5, 0.6) is 17.2 Å². The number of fused-ring (bicyclic) bond motifs is 1. The average Bonchev–Trinajstić information content (AvgIpc) is 3.28. The lowest BCUT2D eigenvalue weighted by atomic mass is 10.1. The van der Waals surface area contributed by atoms with Crippen molar-refractivity contribution in [3.05, 3.63) is 87.9 Å². The van der Waals surface area contributed by atoms with Gasteiger partial charge in [0.2, 0.25) is 6.79 Å². The third kappa shape index (κ3) is 4.85. The van der Waals surface area contributed by atoms with Crippen molar-refractivity contribution >= 4 is 29.3 Å². The summed E-state index contributed by atoms with van der Waals surface area (Å²) in [4.78, 5) is 12.5. The van der Waals surface area contributed by atoms with Crippen molar-refractivity contribution in [1.29, 1.82) is 5.26 Å². The zero-order valence-electron chi connectivity index (χ0n) is 17.2. The molecule has 1 N–H and O–H groups in total. The van der Waals surface area contributed by atoms with Crippen molar-refractivity contribution in [2.75, 3.05) is 12.1 Å². The van der Waals surface area contributed by atoms with Crippen LogP contribution in [-0.4, -0.2) is 12.7 Å². The van der Waals surface area contributed by atoms with Crippen LogP contribution in [0.3, 0.4) is 0 Å². The van der Waals surface area contributed by atoms with E-state index in [0.717, 1.165) is 16.9 Å². The van der Waals surface area contributed by atoms with E-state index in [-0.39, 0.29) is 12.4 Å². The van der Waals surface area contributed by atoms with E-state index < -0.39 is 5.91 Å². The number of carbonyl (C=O) groups is 1. The number of halogens is 1. The Kier molecular flexibility index (Phi) is 6.29. The Hall–Kier alpha value is -3.95. The lowest BCUT2D eigenvalue weighted by molar-refractivity contribution is -0.112. The molecular formula is C25H19ClN2O4. The van der Waals surface area contributed by atoms with Crippen LogP contribution in [0.2, 0.25) is 5.02 Å². The second kappa shape index (κ2) is 9.46. The number of nitrogens with zero attached hydrogens (tertiary/aromatic N) is 1. The largest absolute Gasteiger partial charge is 0.489 e. The Morgan fingerprint density at radius 2 is 1.94 bits per heavy atom. The minimum atomic E-state index is -0.499. The monoisotopic (exact) mass is 446 g/mol. The molecule has 1 heterocycles. The van der Waals surface area contributed by atoms with Gasteiger partial charge in [0.05, 0.1) is 0 Å². The van der Waals surface area contributed by atoms with E-state index >= 15 is 0 Å². The van der Waals surface area contributed by atoms with E-state index in [4.69, 9.17) is 25.8 Å². The molecule has 7 heteroatoms. The Morgan fingerprint density at radius 3 is 2.72 bits per heavy atom. The maximum atomic E-state index is 12.5. The van der Waals surface area contributed by atoms with Gasteiger partial charge in [0.25, 0.3) is 5.91 Å². The van der Waals surface area contributed by atoms with Crippen molar-refractivity contribution in [3.8, 4) is 23.3 Å². The number of anilines is 1. The zero-order chi connectivity index (χ0) is 22.5. The summed E-state index contributed by atoms with van der Waals surface area (Å²) in [5.41, 5.74) is 2.95. The highest BCUT2D eigenvalue weighted by molar-refractivity contribution is 6.31. The van der Waals surface area contributed by atoms with E-state index in [9.17, 15) is 10.1 Å². The predicted octanol–water partition coefficient (Wildman–Crippen LogP) is 5.50. The molecule has 0 aromatic heterocycles. The summed E-state index contributed by atoms with van der Waals surface area (Å²) in [6, 6.07) is 20.0. The first-order valence-corrected chi connectivity index (χ1v) is 10.2. The molecule has 0 spiro atoms. The molecule has 3 aromatic rings. The van der Waals surface area contributed by atoms with Gasteiger partial charge in [-0.15, -0.1) is 0 Å². The molecular weight excluding hydrogens is 428 g/mol. The van der Waals surface area contributed by atoms with Crippen LogP contribution in [0.1, 0.15) is 16.7 Å². The van der Waals surface area contributed by atoms with Gasteiger partial charge < -0.3 is 19.5 Å². The number of hydrogen-bond donors (Lipinski definition) is 1. The van der Waals surface area contributed by atoms with Gasteiger partial charge in [-0.1, -0.05) is 35.9 Å². The summed E-state index contributed by atoms with van der Waals surface area (Å²) < 4.78 is 16.5. The third-order valence-electron chi connectivity index (χ3n) is 4.91. The number of ether oxygens (including phenoxy) is 3. The summed E-state index contributed by atoms with van der Waals surface area (Å²) in [6.45, 7) is 2.41. The highest BCUT2D eigenvalue weighted by atomic mass is 35.5. The minimum absolute atomic E-state index is 0.0154. The molecule has 0 fully saturated rings. The van der Waals surface area contributed by atoms with Crippen molar-refractivity contribution < 1.29 is 19.0 Å². The standard InChI is InChI=1S/C25H19ClN2O4/c1-16-21(26)3-2-4-22(16)28-25(29)19(13-27)11-17-5-8-20(9-6-17)30-14-18-7-10-23-24(12-18)32-15-31-23/h2-12H,14-15H2,1H3,(H,28,29)/b19-11-. The van der Waals surface area contributed by atoms with Crippen LogP contribution in [-0.2, 0) is 11.4 Å². The lowest BCUT2D eigenvalue weighted by Gasteiger charge is -2.09. The van der Waals surface area contributed by atoms with E-state index in [0.29, 0.717) is 34.4 Å². The fraction of sp³-hybridized carbons (Fsp3) is 0.120. The average molecular weight is 447 g/mol. The summed E-state index contributed by atoms with van der Waals surface area (Å²) in [5, 5.41) is 12.7. The molecule has 0 bridgehead atoms. The second-order valence-electron chi connectivity index (χ2n) is 7.08. The molecule has 32 heavy (non-hydrogen) atoms. The number of hydrogen-bond acceptors (Lipinski definition) is 5. The highest BCUT2D eigenvalue weighted by Gasteiger charge is 2.14. The van der Waals surface area contributed by atoms with Crippen LogP contribution >= 0.6 is 11.6 Å². The van der Waals surface area contributed by atoms with Crippen molar-refractivity contribution in [2.45, 2.75) is 13.5 Å². The molecule has 0 aliphatic carbocycles. The maximum absolute atomic E-state index is 12.5. The molecule has 3 aromatic carbocycles. The van der Waals surface area contributed by atoms with Gasteiger partial charge in [0.15, 0.2) is 11.5 Å². The maximum Gasteiger partial charge on any atom is 0.266 e.